The number of hydrogen-bond donors (Lipinski definition) is 0. The minimum Gasteiger partial charge on any atom is -0.435 e. The zero-order valence-corrected chi connectivity index (χ0v) is 17.0. The SMILES string of the molecule is CCc1nc(C)c(C(=O)N2CCC(c3nnc(CN(C)C)n3CC)CC2)o1. The maximum Gasteiger partial charge on any atom is 0.291 e. The number of rotatable bonds is 6. The van der Waals surface area contributed by atoms with E-state index < -0.39 is 0 Å². The maximum atomic E-state index is 12.8. The third-order valence-electron chi connectivity index (χ3n) is 5.11. The molecule has 148 valence electrons. The Hall–Kier alpha value is -2.22. The number of oxazole rings is 1. The second-order valence-corrected chi connectivity index (χ2v) is 7.40. The van der Waals surface area contributed by atoms with E-state index in [1.165, 1.54) is 0 Å². The van der Waals surface area contributed by atoms with Gasteiger partial charge < -0.3 is 18.8 Å². The fourth-order valence-corrected chi connectivity index (χ4v) is 3.68. The van der Waals surface area contributed by atoms with Crippen molar-refractivity contribution < 1.29 is 9.21 Å². The van der Waals surface area contributed by atoms with E-state index in [0.29, 0.717) is 42.8 Å². The van der Waals surface area contributed by atoms with Crippen LogP contribution in [0.1, 0.15) is 66.4 Å². The smallest absolute Gasteiger partial charge is 0.291 e. The van der Waals surface area contributed by atoms with Gasteiger partial charge in [-0.1, -0.05) is 6.92 Å². The van der Waals surface area contributed by atoms with Crippen LogP contribution in [0.3, 0.4) is 0 Å². The minimum atomic E-state index is -0.0524. The predicted octanol–water partition coefficient (Wildman–Crippen LogP) is 2.24. The van der Waals surface area contributed by atoms with Gasteiger partial charge in [0, 0.05) is 32.0 Å². The fraction of sp³-hybridized carbons (Fsp3) is 0.684. The molecule has 8 nitrogen and oxygen atoms in total. The van der Waals surface area contributed by atoms with Gasteiger partial charge in [0.25, 0.3) is 5.91 Å². The molecule has 0 atom stereocenters. The number of amides is 1. The van der Waals surface area contributed by atoms with Gasteiger partial charge in [0.15, 0.2) is 5.89 Å². The summed E-state index contributed by atoms with van der Waals surface area (Å²) in [7, 11) is 4.07. The highest BCUT2D eigenvalue weighted by Crippen LogP contribution is 2.28. The summed E-state index contributed by atoms with van der Waals surface area (Å²) in [6.07, 6.45) is 2.47. The number of carbonyl (C=O) groups is 1. The fourth-order valence-electron chi connectivity index (χ4n) is 3.68. The van der Waals surface area contributed by atoms with Crippen LogP contribution < -0.4 is 0 Å². The highest BCUT2D eigenvalue weighted by atomic mass is 16.4. The quantitative estimate of drug-likeness (QED) is 0.771. The van der Waals surface area contributed by atoms with E-state index in [-0.39, 0.29) is 5.91 Å². The molecular weight excluding hydrogens is 344 g/mol. The molecule has 2 aromatic rings. The van der Waals surface area contributed by atoms with E-state index in [2.05, 4.69) is 31.6 Å². The average molecular weight is 374 g/mol. The van der Waals surface area contributed by atoms with E-state index in [4.69, 9.17) is 4.42 Å². The standard InChI is InChI=1S/C19H30N6O2/c1-6-16-20-13(3)17(27-16)19(26)24-10-8-14(9-11-24)18-22-21-15(12-23(4)5)25(18)7-2/h14H,6-12H2,1-5H3. The molecule has 0 saturated carbocycles. The number of aromatic nitrogens is 4. The Morgan fingerprint density at radius 2 is 1.93 bits per heavy atom. The molecule has 1 aliphatic heterocycles. The van der Waals surface area contributed by atoms with Crippen LogP contribution in [-0.4, -0.2) is 62.6 Å². The summed E-state index contributed by atoms with van der Waals surface area (Å²) in [5, 5.41) is 8.87. The highest BCUT2D eigenvalue weighted by Gasteiger charge is 2.30. The van der Waals surface area contributed by atoms with Crippen molar-refractivity contribution in [2.75, 3.05) is 27.2 Å². The molecular formula is C19H30N6O2. The van der Waals surface area contributed by atoms with Crippen molar-refractivity contribution >= 4 is 5.91 Å². The molecule has 1 aliphatic rings. The molecule has 2 aromatic heterocycles. The zero-order valence-electron chi connectivity index (χ0n) is 17.0. The van der Waals surface area contributed by atoms with Crippen molar-refractivity contribution in [3.63, 3.8) is 0 Å². The van der Waals surface area contributed by atoms with Crippen molar-refractivity contribution in [2.24, 2.45) is 0 Å². The van der Waals surface area contributed by atoms with Crippen molar-refractivity contribution in [2.45, 2.75) is 59.0 Å². The number of hydrogen-bond acceptors (Lipinski definition) is 6. The summed E-state index contributed by atoms with van der Waals surface area (Å²) in [6.45, 7) is 8.97. The van der Waals surface area contributed by atoms with Crippen LogP contribution in [0.15, 0.2) is 4.42 Å². The summed E-state index contributed by atoms with van der Waals surface area (Å²) in [4.78, 5) is 21.1. The molecule has 0 bridgehead atoms. The van der Waals surface area contributed by atoms with Crippen molar-refractivity contribution in [1.29, 1.82) is 0 Å². The first-order valence-electron chi connectivity index (χ1n) is 9.76. The van der Waals surface area contributed by atoms with Crippen LogP contribution in [0.25, 0.3) is 0 Å². The molecule has 3 rings (SSSR count). The number of nitrogens with zero attached hydrogens (tertiary/aromatic N) is 6. The predicted molar refractivity (Wildman–Crippen MR) is 102 cm³/mol. The molecule has 1 fully saturated rings. The van der Waals surface area contributed by atoms with Gasteiger partial charge in [-0.2, -0.15) is 0 Å². The largest absolute Gasteiger partial charge is 0.435 e. The van der Waals surface area contributed by atoms with Gasteiger partial charge in [-0.25, -0.2) is 4.98 Å². The number of aryl methyl sites for hydroxylation is 2. The van der Waals surface area contributed by atoms with E-state index in [0.717, 1.165) is 37.6 Å². The Labute approximate surface area is 160 Å². The third kappa shape index (κ3) is 4.05. The molecule has 0 N–H and O–H groups in total. The molecule has 3 heterocycles. The number of likely N-dealkylation sites (tertiary alicyclic amines) is 1. The lowest BCUT2D eigenvalue weighted by Crippen LogP contribution is -2.38. The Morgan fingerprint density at radius 3 is 2.48 bits per heavy atom. The van der Waals surface area contributed by atoms with Crippen molar-refractivity contribution in [3.8, 4) is 0 Å². The normalized spacial score (nSPS) is 15.7. The molecule has 0 aromatic carbocycles. The van der Waals surface area contributed by atoms with Crippen molar-refractivity contribution in [1.82, 2.24) is 29.5 Å². The second-order valence-electron chi connectivity index (χ2n) is 7.40. The second kappa shape index (κ2) is 8.21. The first-order valence-corrected chi connectivity index (χ1v) is 9.76. The summed E-state index contributed by atoms with van der Waals surface area (Å²) >= 11 is 0. The van der Waals surface area contributed by atoms with Crippen LogP contribution in [0.2, 0.25) is 0 Å². The van der Waals surface area contributed by atoms with Crippen LogP contribution in [0, 0.1) is 6.92 Å². The zero-order chi connectivity index (χ0) is 19.6. The highest BCUT2D eigenvalue weighted by molar-refractivity contribution is 5.92. The van der Waals surface area contributed by atoms with Gasteiger partial charge in [0.1, 0.15) is 11.6 Å². The Morgan fingerprint density at radius 1 is 1.22 bits per heavy atom. The molecule has 0 aliphatic carbocycles. The lowest BCUT2D eigenvalue weighted by molar-refractivity contribution is 0.0675. The Balaban J connectivity index is 1.67. The third-order valence-corrected chi connectivity index (χ3v) is 5.11. The van der Waals surface area contributed by atoms with E-state index in [9.17, 15) is 4.79 Å². The van der Waals surface area contributed by atoms with Crippen molar-refractivity contribution in [3.05, 3.63) is 29.0 Å². The van der Waals surface area contributed by atoms with Gasteiger partial charge in [-0.15, -0.1) is 10.2 Å². The van der Waals surface area contributed by atoms with Gasteiger partial charge in [-0.3, -0.25) is 4.79 Å². The van der Waals surface area contributed by atoms with E-state index in [1.54, 1.807) is 0 Å². The lowest BCUT2D eigenvalue weighted by Gasteiger charge is -2.31. The molecule has 8 heteroatoms. The summed E-state index contributed by atoms with van der Waals surface area (Å²) < 4.78 is 7.85. The van der Waals surface area contributed by atoms with E-state index >= 15 is 0 Å². The Bertz CT molecular complexity index is 786. The van der Waals surface area contributed by atoms with Crippen LogP contribution in [0.4, 0.5) is 0 Å². The monoisotopic (exact) mass is 374 g/mol. The van der Waals surface area contributed by atoms with Gasteiger partial charge >= 0.3 is 0 Å². The molecule has 0 radical (unpaired) electrons. The topological polar surface area (TPSA) is 80.3 Å². The number of piperidine rings is 1. The molecule has 0 unspecified atom stereocenters. The Kier molecular flexibility index (Phi) is 5.94. The summed E-state index contributed by atoms with van der Waals surface area (Å²) in [5.41, 5.74) is 0.679. The van der Waals surface area contributed by atoms with Gasteiger partial charge in [0.2, 0.25) is 5.76 Å². The summed E-state index contributed by atoms with van der Waals surface area (Å²) in [6, 6.07) is 0. The molecule has 27 heavy (non-hydrogen) atoms. The van der Waals surface area contributed by atoms with Crippen LogP contribution in [-0.2, 0) is 19.5 Å². The molecule has 1 saturated heterocycles. The molecule has 1 amide bonds. The molecule has 0 spiro atoms. The number of carbonyl (C=O) groups excluding carboxylic acids is 1. The first kappa shape index (κ1) is 19.5. The van der Waals surface area contributed by atoms with E-state index in [1.807, 2.05) is 32.8 Å². The lowest BCUT2D eigenvalue weighted by atomic mass is 9.95. The van der Waals surface area contributed by atoms with Gasteiger partial charge in [-0.05, 0) is 40.8 Å². The summed E-state index contributed by atoms with van der Waals surface area (Å²) in [5.74, 6) is 3.33. The minimum absolute atomic E-state index is 0.0524. The van der Waals surface area contributed by atoms with Crippen LogP contribution >= 0.6 is 0 Å². The van der Waals surface area contributed by atoms with Crippen LogP contribution in [0.5, 0.6) is 0 Å². The first-order chi connectivity index (χ1) is 12.9. The maximum absolute atomic E-state index is 12.8. The van der Waals surface area contributed by atoms with Gasteiger partial charge in [0.05, 0.1) is 12.2 Å². The average Bonchev–Trinajstić information content (AvgIpc) is 3.23.